The molecule has 0 aliphatic rings. The normalized spacial score (nSPS) is 11.3. The molecule has 0 aliphatic heterocycles. The van der Waals surface area contributed by atoms with E-state index in [1.165, 1.54) is 5.56 Å². The fourth-order valence-corrected chi connectivity index (χ4v) is 3.90. The van der Waals surface area contributed by atoms with Crippen molar-refractivity contribution in [1.29, 1.82) is 0 Å². The summed E-state index contributed by atoms with van der Waals surface area (Å²) in [6.45, 7) is 8.63. The minimum absolute atomic E-state index is 0.0353. The molecule has 0 unspecified atom stereocenters. The van der Waals surface area contributed by atoms with Crippen LogP contribution >= 0.6 is 0 Å². The van der Waals surface area contributed by atoms with Gasteiger partial charge in [-0.2, -0.15) is 0 Å². The minimum atomic E-state index is 0.0353. The molecule has 0 aliphatic carbocycles. The Balaban J connectivity index is 1.64. The first kappa shape index (κ1) is 22.7. The number of amides is 1. The Morgan fingerprint density at radius 3 is 2.71 bits per heavy atom. The van der Waals surface area contributed by atoms with Crippen LogP contribution in [-0.2, 0) is 31.4 Å². The summed E-state index contributed by atoms with van der Waals surface area (Å²) < 4.78 is 7.16. The summed E-state index contributed by atoms with van der Waals surface area (Å²) in [4.78, 5) is 19.5. The summed E-state index contributed by atoms with van der Waals surface area (Å²) in [5.41, 5.74) is 6.26. The number of pyridine rings is 1. The second kappa shape index (κ2) is 9.92. The van der Waals surface area contributed by atoms with Gasteiger partial charge >= 0.3 is 0 Å². The van der Waals surface area contributed by atoms with Gasteiger partial charge in [-0.1, -0.05) is 31.2 Å². The average Bonchev–Trinajstić information content (AvgIpc) is 3.07. The summed E-state index contributed by atoms with van der Waals surface area (Å²) in [5.74, 6) is 0.606. The number of nitrogens with zero attached hydrogens (tertiary/aromatic N) is 4. The van der Waals surface area contributed by atoms with Crippen molar-refractivity contribution in [2.75, 3.05) is 20.7 Å². The summed E-state index contributed by atoms with van der Waals surface area (Å²) in [6, 6.07) is 8.39. The molecule has 0 spiro atoms. The Labute approximate surface area is 184 Å². The molecule has 166 valence electrons. The fourth-order valence-electron chi connectivity index (χ4n) is 3.90. The number of aromatic nitrogens is 3. The maximum Gasteiger partial charge on any atom is 0.242 e. The Bertz CT molecular complexity index is 1070. The first-order valence-electron chi connectivity index (χ1n) is 10.7. The third-order valence-electron chi connectivity index (χ3n) is 5.79. The smallest absolute Gasteiger partial charge is 0.242 e. The molecule has 3 rings (SSSR count). The van der Waals surface area contributed by atoms with Crippen LogP contribution in [0.25, 0.3) is 11.0 Å². The predicted molar refractivity (Wildman–Crippen MR) is 123 cm³/mol. The zero-order valence-electron chi connectivity index (χ0n) is 19.5. The van der Waals surface area contributed by atoms with Crippen molar-refractivity contribution >= 4 is 16.9 Å². The van der Waals surface area contributed by atoms with Crippen molar-refractivity contribution < 1.29 is 9.53 Å². The third kappa shape index (κ3) is 5.22. The van der Waals surface area contributed by atoms with E-state index in [1.54, 1.807) is 11.8 Å². The van der Waals surface area contributed by atoms with Gasteiger partial charge in [-0.25, -0.2) is 9.67 Å². The van der Waals surface area contributed by atoms with Crippen molar-refractivity contribution in [3.63, 3.8) is 0 Å². The molecule has 31 heavy (non-hydrogen) atoms. The molecule has 1 amide bonds. The number of hydrogen-bond donors (Lipinski definition) is 1. The van der Waals surface area contributed by atoms with Crippen LogP contribution in [0.3, 0.4) is 0 Å². The zero-order valence-corrected chi connectivity index (χ0v) is 19.5. The van der Waals surface area contributed by atoms with Crippen molar-refractivity contribution in [3.8, 4) is 5.88 Å². The van der Waals surface area contributed by atoms with Gasteiger partial charge in [0.25, 0.3) is 0 Å². The van der Waals surface area contributed by atoms with Gasteiger partial charge in [0.05, 0.1) is 12.5 Å². The average molecular weight is 424 g/mol. The molecular weight excluding hydrogens is 390 g/mol. The number of fused-ring (bicyclic) bond motifs is 1. The Hall–Kier alpha value is -2.93. The number of benzene rings is 1. The zero-order chi connectivity index (χ0) is 22.5. The number of aryl methyl sites for hydroxylation is 3. The second-order valence-electron chi connectivity index (χ2n) is 8.06. The monoisotopic (exact) mass is 423 g/mol. The third-order valence-corrected chi connectivity index (χ3v) is 5.79. The molecule has 2 aromatic heterocycles. The molecule has 0 saturated heterocycles. The second-order valence-corrected chi connectivity index (χ2v) is 8.06. The number of ether oxygens (including phenoxy) is 1. The number of nitrogens with one attached hydrogen (secondary N) is 1. The number of carbonyl (C=O) groups excluding carboxylic acids is 1. The highest BCUT2D eigenvalue weighted by Crippen LogP contribution is 2.30. The lowest BCUT2D eigenvalue weighted by molar-refractivity contribution is -0.121. The fraction of sp³-hybridized carbons (Fsp3) is 0.458. The van der Waals surface area contributed by atoms with Gasteiger partial charge in [-0.3, -0.25) is 4.79 Å². The van der Waals surface area contributed by atoms with Crippen LogP contribution in [0.2, 0.25) is 0 Å². The van der Waals surface area contributed by atoms with Crippen LogP contribution in [-0.4, -0.2) is 46.3 Å². The SMILES string of the molecule is CCN(C)Cc1cccc(CNC(=O)CCc2c(C)nc3c(c(OC)nn3C)c2C)c1. The lowest BCUT2D eigenvalue weighted by Gasteiger charge is -2.15. The molecule has 1 N–H and O–H groups in total. The van der Waals surface area contributed by atoms with Gasteiger partial charge in [0.2, 0.25) is 11.8 Å². The quantitative estimate of drug-likeness (QED) is 0.572. The molecule has 3 aromatic rings. The molecule has 2 heterocycles. The van der Waals surface area contributed by atoms with Crippen LogP contribution in [0.1, 0.15) is 41.3 Å². The first-order valence-corrected chi connectivity index (χ1v) is 10.7. The van der Waals surface area contributed by atoms with E-state index in [9.17, 15) is 4.79 Å². The van der Waals surface area contributed by atoms with Gasteiger partial charge in [-0.05, 0) is 56.1 Å². The van der Waals surface area contributed by atoms with Gasteiger partial charge in [0, 0.05) is 32.3 Å². The number of methoxy groups -OCH3 is 1. The molecular formula is C24H33N5O2. The Morgan fingerprint density at radius 1 is 1.26 bits per heavy atom. The topological polar surface area (TPSA) is 72.3 Å². The van der Waals surface area contributed by atoms with E-state index in [2.05, 4.69) is 53.6 Å². The molecule has 7 nitrogen and oxygen atoms in total. The molecule has 0 radical (unpaired) electrons. The summed E-state index contributed by atoms with van der Waals surface area (Å²) in [7, 11) is 5.58. The summed E-state index contributed by atoms with van der Waals surface area (Å²) in [6.07, 6.45) is 1.04. The largest absolute Gasteiger partial charge is 0.479 e. The predicted octanol–water partition coefficient (Wildman–Crippen LogP) is 3.29. The highest BCUT2D eigenvalue weighted by Gasteiger charge is 2.18. The van der Waals surface area contributed by atoms with E-state index in [4.69, 9.17) is 9.72 Å². The van der Waals surface area contributed by atoms with Gasteiger partial charge < -0.3 is 15.0 Å². The first-order chi connectivity index (χ1) is 14.8. The van der Waals surface area contributed by atoms with E-state index in [0.29, 0.717) is 25.3 Å². The van der Waals surface area contributed by atoms with Crippen LogP contribution < -0.4 is 10.1 Å². The Kier molecular flexibility index (Phi) is 7.28. The lowest BCUT2D eigenvalue weighted by atomic mass is 10.00. The minimum Gasteiger partial charge on any atom is -0.479 e. The van der Waals surface area contributed by atoms with Crippen molar-refractivity contribution in [1.82, 2.24) is 25.0 Å². The maximum atomic E-state index is 12.5. The highest BCUT2D eigenvalue weighted by molar-refractivity contribution is 5.86. The van der Waals surface area contributed by atoms with Crippen LogP contribution in [0.5, 0.6) is 5.88 Å². The van der Waals surface area contributed by atoms with Gasteiger partial charge in [0.1, 0.15) is 0 Å². The Morgan fingerprint density at radius 2 is 2.00 bits per heavy atom. The molecule has 0 saturated carbocycles. The summed E-state index contributed by atoms with van der Waals surface area (Å²) >= 11 is 0. The van der Waals surface area contributed by atoms with E-state index in [1.807, 2.05) is 20.9 Å². The van der Waals surface area contributed by atoms with Crippen LogP contribution in [0, 0.1) is 13.8 Å². The van der Waals surface area contributed by atoms with Crippen molar-refractivity contribution in [2.45, 2.75) is 46.7 Å². The number of rotatable bonds is 9. The van der Waals surface area contributed by atoms with Gasteiger partial charge in [0.15, 0.2) is 5.65 Å². The molecule has 0 fully saturated rings. The van der Waals surface area contributed by atoms with E-state index in [0.717, 1.165) is 46.5 Å². The van der Waals surface area contributed by atoms with Crippen molar-refractivity contribution in [3.05, 3.63) is 52.2 Å². The van der Waals surface area contributed by atoms with E-state index >= 15 is 0 Å². The summed E-state index contributed by atoms with van der Waals surface area (Å²) in [5, 5.41) is 8.36. The number of carbonyl (C=O) groups is 1. The molecule has 7 heteroatoms. The van der Waals surface area contributed by atoms with Crippen LogP contribution in [0.4, 0.5) is 0 Å². The maximum absolute atomic E-state index is 12.5. The molecule has 0 atom stereocenters. The van der Waals surface area contributed by atoms with Gasteiger partial charge in [-0.15, -0.1) is 5.10 Å². The highest BCUT2D eigenvalue weighted by atomic mass is 16.5. The standard InChI is InChI=1S/C24H33N5O2/c1-7-28(4)15-19-10-8-9-18(13-19)14-25-21(30)12-11-20-16(2)22-23(26-17(20)3)29(5)27-24(22)31-6/h8-10,13H,7,11-12,14-15H2,1-6H3,(H,25,30). The number of hydrogen-bond acceptors (Lipinski definition) is 5. The lowest BCUT2D eigenvalue weighted by Crippen LogP contribution is -2.23. The molecule has 0 bridgehead atoms. The molecule has 1 aromatic carbocycles. The van der Waals surface area contributed by atoms with Crippen molar-refractivity contribution in [2.24, 2.45) is 7.05 Å². The van der Waals surface area contributed by atoms with Crippen LogP contribution in [0.15, 0.2) is 24.3 Å². The van der Waals surface area contributed by atoms with E-state index < -0.39 is 0 Å². The van der Waals surface area contributed by atoms with E-state index in [-0.39, 0.29) is 5.91 Å².